The molecule has 2 aromatic rings. The van der Waals surface area contributed by atoms with E-state index in [9.17, 15) is 22.8 Å². The number of benzene rings is 2. The average Bonchev–Trinajstić information content (AvgIpc) is 3.00. The zero-order valence-corrected chi connectivity index (χ0v) is 18.0. The zero-order valence-electron chi connectivity index (χ0n) is 17.2. The summed E-state index contributed by atoms with van der Waals surface area (Å²) in [6, 6.07) is 10.2. The quantitative estimate of drug-likeness (QED) is 0.708. The van der Waals surface area contributed by atoms with Gasteiger partial charge >= 0.3 is 0 Å². The summed E-state index contributed by atoms with van der Waals surface area (Å²) in [7, 11) is -3.62. The van der Waals surface area contributed by atoms with Gasteiger partial charge in [-0.05, 0) is 60.7 Å². The Hall–Kier alpha value is -3.04. The predicted molar refractivity (Wildman–Crippen MR) is 114 cm³/mol. The monoisotopic (exact) mass is 441 g/mol. The summed E-state index contributed by atoms with van der Waals surface area (Å²) in [5.74, 6) is -0.824. The number of nitrogens with one attached hydrogen (secondary N) is 2. The summed E-state index contributed by atoms with van der Waals surface area (Å²) >= 11 is 0. The number of fused-ring (bicyclic) bond motifs is 1. The number of hydrogen-bond acceptors (Lipinski definition) is 5. The molecule has 0 aromatic heterocycles. The van der Waals surface area contributed by atoms with Crippen LogP contribution in [0.3, 0.4) is 0 Å². The Labute approximate surface area is 180 Å². The number of amides is 3. The molecule has 31 heavy (non-hydrogen) atoms. The van der Waals surface area contributed by atoms with Crippen LogP contribution in [0.1, 0.15) is 51.3 Å². The number of rotatable bonds is 4. The summed E-state index contributed by atoms with van der Waals surface area (Å²) in [6.45, 7) is 5.07. The highest BCUT2D eigenvalue weighted by Crippen LogP contribution is 2.27. The van der Waals surface area contributed by atoms with Crippen LogP contribution in [0.15, 0.2) is 47.4 Å². The molecule has 8 nitrogen and oxygen atoms in total. The molecule has 2 aliphatic rings. The number of anilines is 1. The molecule has 2 N–H and O–H groups in total. The highest BCUT2D eigenvalue weighted by atomic mass is 32.2. The fourth-order valence-corrected chi connectivity index (χ4v) is 5.86. The molecule has 4 rings (SSSR count). The summed E-state index contributed by atoms with van der Waals surface area (Å²) in [5, 5.41) is 4.86. The average molecular weight is 442 g/mol. The van der Waals surface area contributed by atoms with Gasteiger partial charge in [0.1, 0.15) is 0 Å². The van der Waals surface area contributed by atoms with E-state index in [1.54, 1.807) is 0 Å². The molecule has 3 amide bonds. The van der Waals surface area contributed by atoms with Gasteiger partial charge in [-0.3, -0.25) is 19.7 Å². The van der Waals surface area contributed by atoms with E-state index >= 15 is 0 Å². The van der Waals surface area contributed by atoms with Crippen LogP contribution < -0.4 is 10.6 Å². The third kappa shape index (κ3) is 4.11. The second-order valence-corrected chi connectivity index (χ2v) is 10.2. The largest absolute Gasteiger partial charge is 0.322 e. The van der Waals surface area contributed by atoms with Crippen molar-refractivity contribution in [3.05, 3.63) is 59.2 Å². The van der Waals surface area contributed by atoms with Gasteiger partial charge in [-0.25, -0.2) is 8.42 Å². The van der Waals surface area contributed by atoms with Crippen molar-refractivity contribution in [1.82, 2.24) is 9.62 Å². The molecule has 0 radical (unpaired) electrons. The maximum atomic E-state index is 13.0. The molecule has 2 aromatic carbocycles. The molecular weight excluding hydrogens is 418 g/mol. The van der Waals surface area contributed by atoms with Crippen molar-refractivity contribution in [3.8, 4) is 0 Å². The molecule has 9 heteroatoms. The number of sulfonamides is 1. The van der Waals surface area contributed by atoms with Crippen LogP contribution in [0, 0.1) is 11.8 Å². The molecule has 162 valence electrons. The molecular formula is C22H23N3O5S. The minimum atomic E-state index is -3.62. The van der Waals surface area contributed by atoms with Gasteiger partial charge in [-0.2, -0.15) is 4.31 Å². The maximum absolute atomic E-state index is 13.0. The van der Waals surface area contributed by atoms with E-state index in [1.165, 1.54) is 46.8 Å². The van der Waals surface area contributed by atoms with Gasteiger partial charge in [0.05, 0.1) is 16.0 Å². The third-order valence-electron chi connectivity index (χ3n) is 5.58. The van der Waals surface area contributed by atoms with Gasteiger partial charge in [0.2, 0.25) is 10.0 Å². The van der Waals surface area contributed by atoms with Crippen molar-refractivity contribution in [2.45, 2.75) is 25.2 Å². The highest BCUT2D eigenvalue weighted by molar-refractivity contribution is 7.89. The summed E-state index contributed by atoms with van der Waals surface area (Å²) < 4.78 is 27.5. The van der Waals surface area contributed by atoms with Gasteiger partial charge in [-0.1, -0.05) is 13.8 Å². The smallest absolute Gasteiger partial charge is 0.259 e. The first-order chi connectivity index (χ1) is 14.6. The highest BCUT2D eigenvalue weighted by Gasteiger charge is 2.32. The minimum absolute atomic E-state index is 0.151. The number of imide groups is 1. The van der Waals surface area contributed by atoms with Crippen LogP contribution >= 0.6 is 0 Å². The van der Waals surface area contributed by atoms with Crippen molar-refractivity contribution < 1.29 is 22.8 Å². The molecule has 0 bridgehead atoms. The maximum Gasteiger partial charge on any atom is 0.259 e. The first-order valence-electron chi connectivity index (χ1n) is 10.1. The number of carbonyl (C=O) groups excluding carboxylic acids is 3. The zero-order chi connectivity index (χ0) is 22.3. The standard InChI is InChI=1S/C22H23N3O5S/c1-13-9-14(2)12-25(11-13)31(29,30)17-6-3-15(4-7-17)20(26)23-16-5-8-18-19(10-16)22(28)24-21(18)27/h3-8,10,13-14H,9,11-12H2,1-2H3,(H,23,26)(H,24,27,28)/t13-,14+. The van der Waals surface area contributed by atoms with Crippen molar-refractivity contribution in [1.29, 1.82) is 0 Å². The minimum Gasteiger partial charge on any atom is -0.322 e. The van der Waals surface area contributed by atoms with Gasteiger partial charge in [0, 0.05) is 24.3 Å². The van der Waals surface area contributed by atoms with Crippen LogP contribution in [-0.4, -0.2) is 43.5 Å². The second-order valence-electron chi connectivity index (χ2n) is 8.29. The van der Waals surface area contributed by atoms with Crippen molar-refractivity contribution in [3.63, 3.8) is 0 Å². The summed E-state index contributed by atoms with van der Waals surface area (Å²) in [4.78, 5) is 36.1. The van der Waals surface area contributed by atoms with Crippen LogP contribution in [0.5, 0.6) is 0 Å². The topological polar surface area (TPSA) is 113 Å². The van der Waals surface area contributed by atoms with E-state index < -0.39 is 27.7 Å². The van der Waals surface area contributed by atoms with Crippen LogP contribution in [0.25, 0.3) is 0 Å². The lowest BCUT2D eigenvalue weighted by atomic mass is 9.94. The SMILES string of the molecule is C[C@@H]1C[C@H](C)CN(S(=O)(=O)c2ccc(C(=O)Nc3ccc4c(c3)C(=O)NC4=O)cc2)C1. The molecule has 2 heterocycles. The van der Waals surface area contributed by atoms with Crippen molar-refractivity contribution in [2.24, 2.45) is 11.8 Å². The molecule has 2 aliphatic heterocycles. The molecule has 2 atom stereocenters. The van der Waals surface area contributed by atoms with Crippen molar-refractivity contribution >= 4 is 33.4 Å². The van der Waals surface area contributed by atoms with E-state index in [0.717, 1.165) is 6.42 Å². The first-order valence-corrected chi connectivity index (χ1v) is 11.5. The van der Waals surface area contributed by atoms with E-state index in [1.807, 2.05) is 13.8 Å². The Morgan fingerprint density at radius 2 is 1.58 bits per heavy atom. The lowest BCUT2D eigenvalue weighted by Gasteiger charge is -2.34. The lowest BCUT2D eigenvalue weighted by molar-refractivity contribution is 0.0878. The van der Waals surface area contributed by atoms with Crippen LogP contribution in [-0.2, 0) is 10.0 Å². The summed E-state index contributed by atoms with van der Waals surface area (Å²) in [6.07, 6.45) is 1.00. The normalized spacial score (nSPS) is 21.5. The number of carbonyl (C=O) groups is 3. The molecule has 0 unspecified atom stereocenters. The van der Waals surface area contributed by atoms with Gasteiger partial charge < -0.3 is 5.32 Å². The van der Waals surface area contributed by atoms with Crippen molar-refractivity contribution in [2.75, 3.05) is 18.4 Å². The second kappa shape index (κ2) is 7.90. The Bertz CT molecular complexity index is 1160. The van der Waals surface area contributed by atoms with Crippen LogP contribution in [0.4, 0.5) is 5.69 Å². The molecule has 1 fully saturated rings. The molecule has 0 aliphatic carbocycles. The molecule has 1 saturated heterocycles. The fraction of sp³-hybridized carbons (Fsp3) is 0.318. The fourth-order valence-electron chi connectivity index (χ4n) is 4.18. The Morgan fingerprint density at radius 3 is 2.23 bits per heavy atom. The van der Waals surface area contributed by atoms with E-state index in [2.05, 4.69) is 10.6 Å². The van der Waals surface area contributed by atoms with Gasteiger partial charge in [0.15, 0.2) is 0 Å². The number of piperidine rings is 1. The molecule has 0 saturated carbocycles. The Kier molecular flexibility index (Phi) is 5.40. The number of nitrogens with zero attached hydrogens (tertiary/aromatic N) is 1. The van der Waals surface area contributed by atoms with Gasteiger partial charge in [-0.15, -0.1) is 0 Å². The Balaban J connectivity index is 1.49. The molecule has 0 spiro atoms. The van der Waals surface area contributed by atoms with E-state index in [0.29, 0.717) is 30.6 Å². The third-order valence-corrected chi connectivity index (χ3v) is 7.43. The van der Waals surface area contributed by atoms with E-state index in [4.69, 9.17) is 0 Å². The van der Waals surface area contributed by atoms with Gasteiger partial charge in [0.25, 0.3) is 17.7 Å². The Morgan fingerprint density at radius 1 is 0.968 bits per heavy atom. The predicted octanol–water partition coefficient (Wildman–Crippen LogP) is 2.49. The summed E-state index contributed by atoms with van der Waals surface area (Å²) in [5.41, 5.74) is 1.11. The van der Waals surface area contributed by atoms with E-state index in [-0.39, 0.29) is 21.6 Å². The van der Waals surface area contributed by atoms with Crippen LogP contribution in [0.2, 0.25) is 0 Å². The number of hydrogen-bond donors (Lipinski definition) is 2. The first kappa shape index (κ1) is 21.2. The lowest BCUT2D eigenvalue weighted by Crippen LogP contribution is -2.42.